The minimum Gasteiger partial charge on any atom is -0.300 e. The zero-order valence-corrected chi connectivity index (χ0v) is 19.9. The van der Waals surface area contributed by atoms with Gasteiger partial charge in [0.1, 0.15) is 0 Å². The summed E-state index contributed by atoms with van der Waals surface area (Å²) in [5, 5.41) is 0. The van der Waals surface area contributed by atoms with Crippen molar-refractivity contribution in [2.24, 2.45) is 11.8 Å². The molecule has 27 heavy (non-hydrogen) atoms. The lowest BCUT2D eigenvalue weighted by atomic mass is 9.58. The maximum Gasteiger partial charge on any atom is 0.0207 e. The van der Waals surface area contributed by atoms with Crippen molar-refractivity contribution in [3.05, 3.63) is 33.3 Å². The number of rotatable bonds is 8. The summed E-state index contributed by atoms with van der Waals surface area (Å²) in [6, 6.07) is 5.29. The molecule has 2 aliphatic rings. The van der Waals surface area contributed by atoms with Gasteiger partial charge in [0.25, 0.3) is 0 Å². The van der Waals surface area contributed by atoms with Crippen molar-refractivity contribution in [3.8, 4) is 0 Å². The Bertz CT molecular complexity index is 635. The van der Waals surface area contributed by atoms with Gasteiger partial charge in [-0.05, 0) is 94.0 Å². The van der Waals surface area contributed by atoms with Gasteiger partial charge < -0.3 is 4.90 Å². The molecule has 2 fully saturated rings. The van der Waals surface area contributed by atoms with E-state index in [0.717, 1.165) is 11.8 Å². The minimum atomic E-state index is 0.338. The van der Waals surface area contributed by atoms with Gasteiger partial charge in [0, 0.05) is 22.5 Å². The van der Waals surface area contributed by atoms with E-state index in [9.17, 15) is 0 Å². The minimum absolute atomic E-state index is 0.338. The molecule has 0 aromatic heterocycles. The predicted molar refractivity (Wildman–Crippen MR) is 122 cm³/mol. The first kappa shape index (κ1) is 21.4. The largest absolute Gasteiger partial charge is 0.300 e. The average molecular weight is 435 g/mol. The Morgan fingerprint density at radius 2 is 1.89 bits per heavy atom. The van der Waals surface area contributed by atoms with Crippen LogP contribution < -0.4 is 0 Å². The Morgan fingerprint density at radius 3 is 2.52 bits per heavy atom. The number of benzene rings is 1. The van der Waals surface area contributed by atoms with Gasteiger partial charge in [-0.15, -0.1) is 0 Å². The number of unbranched alkanes of at least 4 members (excludes halogenated alkanes) is 2. The highest BCUT2D eigenvalue weighted by Crippen LogP contribution is 2.51. The molecule has 0 N–H and O–H groups in total. The van der Waals surface area contributed by atoms with Crippen molar-refractivity contribution in [1.29, 1.82) is 0 Å². The zero-order valence-electron chi connectivity index (χ0n) is 18.3. The van der Waals surface area contributed by atoms with Crippen LogP contribution in [0.3, 0.4) is 0 Å². The molecule has 1 saturated carbocycles. The summed E-state index contributed by atoms with van der Waals surface area (Å²) < 4.78 is 1.29. The van der Waals surface area contributed by atoms with Crippen molar-refractivity contribution in [3.63, 3.8) is 0 Å². The van der Waals surface area contributed by atoms with E-state index in [0.29, 0.717) is 11.5 Å². The molecule has 3 atom stereocenters. The van der Waals surface area contributed by atoms with Crippen LogP contribution in [-0.2, 0) is 5.41 Å². The van der Waals surface area contributed by atoms with Gasteiger partial charge in [-0.1, -0.05) is 55.1 Å². The highest BCUT2D eigenvalue weighted by Gasteiger charge is 2.48. The lowest BCUT2D eigenvalue weighted by Crippen LogP contribution is -2.55. The van der Waals surface area contributed by atoms with Crippen LogP contribution in [0.15, 0.2) is 16.6 Å². The van der Waals surface area contributed by atoms with E-state index in [-0.39, 0.29) is 0 Å². The van der Waals surface area contributed by atoms with Gasteiger partial charge in [0.2, 0.25) is 0 Å². The first-order valence-corrected chi connectivity index (χ1v) is 12.2. The summed E-state index contributed by atoms with van der Waals surface area (Å²) in [6.45, 7) is 14.6. The summed E-state index contributed by atoms with van der Waals surface area (Å²) in [6.07, 6.45) is 11.0. The molecule has 152 valence electrons. The van der Waals surface area contributed by atoms with E-state index in [1.165, 1.54) is 80.1 Å². The third-order valence-corrected chi connectivity index (χ3v) is 8.62. The molecule has 1 heterocycles. The number of halogens is 1. The fourth-order valence-electron chi connectivity index (χ4n) is 5.98. The number of aryl methyl sites for hydroxylation is 1. The van der Waals surface area contributed by atoms with Gasteiger partial charge in [-0.2, -0.15) is 0 Å². The summed E-state index contributed by atoms with van der Waals surface area (Å²) >= 11 is 3.84. The number of piperidine rings is 1. The lowest BCUT2D eigenvalue weighted by molar-refractivity contribution is 0.0227. The number of nitrogens with zero attached hydrogens (tertiary/aromatic N) is 1. The second kappa shape index (κ2) is 8.99. The van der Waals surface area contributed by atoms with Gasteiger partial charge >= 0.3 is 0 Å². The van der Waals surface area contributed by atoms with Gasteiger partial charge in [0.15, 0.2) is 0 Å². The number of likely N-dealkylation sites (tertiary alicyclic amines) is 1. The molecule has 1 aromatic rings. The Labute approximate surface area is 176 Å². The number of hydrogen-bond acceptors (Lipinski definition) is 1. The molecular formula is C25H40BrN. The zero-order chi connectivity index (χ0) is 19.6. The summed E-state index contributed by atoms with van der Waals surface area (Å²) in [7, 11) is 0. The van der Waals surface area contributed by atoms with Crippen LogP contribution in [0.5, 0.6) is 0 Å². The molecule has 0 radical (unpaired) electrons. The fourth-order valence-corrected chi connectivity index (χ4v) is 6.31. The second-order valence-corrected chi connectivity index (χ2v) is 10.3. The molecule has 2 heteroatoms. The molecule has 0 amide bonds. The van der Waals surface area contributed by atoms with Crippen LogP contribution in [0.1, 0.15) is 88.8 Å². The first-order chi connectivity index (χ1) is 12.9. The summed E-state index contributed by atoms with van der Waals surface area (Å²) in [5.41, 5.74) is 4.99. The van der Waals surface area contributed by atoms with Crippen LogP contribution in [0.4, 0.5) is 0 Å². The first-order valence-electron chi connectivity index (χ1n) is 11.4. The molecule has 3 unspecified atom stereocenters. The van der Waals surface area contributed by atoms with Crippen LogP contribution in [0.25, 0.3) is 0 Å². The van der Waals surface area contributed by atoms with E-state index in [1.54, 1.807) is 5.56 Å². The SMILES string of the molecule is CCCCCC1C(C)N(CC2CC2)CCC1(CC)c1c(C)ccc(Br)c1C. The highest BCUT2D eigenvalue weighted by molar-refractivity contribution is 9.10. The van der Waals surface area contributed by atoms with E-state index in [1.807, 2.05) is 0 Å². The lowest BCUT2D eigenvalue weighted by Gasteiger charge is -2.53. The highest BCUT2D eigenvalue weighted by atomic mass is 79.9. The molecule has 1 aliphatic heterocycles. The van der Waals surface area contributed by atoms with E-state index in [2.05, 4.69) is 67.6 Å². The van der Waals surface area contributed by atoms with Crippen LogP contribution >= 0.6 is 15.9 Å². The van der Waals surface area contributed by atoms with Gasteiger partial charge in [-0.25, -0.2) is 0 Å². The molecule has 0 spiro atoms. The van der Waals surface area contributed by atoms with Crippen molar-refractivity contribution >= 4 is 15.9 Å². The van der Waals surface area contributed by atoms with Crippen molar-refractivity contribution in [2.45, 2.75) is 97.4 Å². The molecule has 3 rings (SSSR count). The fraction of sp³-hybridized carbons (Fsp3) is 0.760. The molecule has 0 bridgehead atoms. The third-order valence-electron chi connectivity index (χ3n) is 7.76. The quantitative estimate of drug-likeness (QED) is 0.385. The Kier molecular flexibility index (Phi) is 7.12. The Morgan fingerprint density at radius 1 is 1.15 bits per heavy atom. The van der Waals surface area contributed by atoms with E-state index < -0.39 is 0 Å². The van der Waals surface area contributed by atoms with Crippen molar-refractivity contribution < 1.29 is 0 Å². The van der Waals surface area contributed by atoms with Crippen LogP contribution in [0.2, 0.25) is 0 Å². The molecule has 1 aromatic carbocycles. The van der Waals surface area contributed by atoms with Gasteiger partial charge in [-0.3, -0.25) is 0 Å². The van der Waals surface area contributed by atoms with E-state index >= 15 is 0 Å². The smallest absolute Gasteiger partial charge is 0.0207 e. The molecule has 1 nitrogen and oxygen atoms in total. The van der Waals surface area contributed by atoms with Crippen LogP contribution in [-0.4, -0.2) is 24.0 Å². The molecule has 1 aliphatic carbocycles. The average Bonchev–Trinajstić information content (AvgIpc) is 3.47. The second-order valence-electron chi connectivity index (χ2n) is 9.41. The molecule has 1 saturated heterocycles. The van der Waals surface area contributed by atoms with Crippen molar-refractivity contribution in [2.75, 3.05) is 13.1 Å². The number of hydrogen-bond donors (Lipinski definition) is 0. The Balaban J connectivity index is 1.98. The maximum atomic E-state index is 3.84. The Hall–Kier alpha value is -0.340. The van der Waals surface area contributed by atoms with Crippen molar-refractivity contribution in [1.82, 2.24) is 4.90 Å². The molecular weight excluding hydrogens is 394 g/mol. The third kappa shape index (κ3) is 4.32. The van der Waals surface area contributed by atoms with E-state index in [4.69, 9.17) is 0 Å². The summed E-state index contributed by atoms with van der Waals surface area (Å²) in [5.74, 6) is 1.76. The normalized spacial score (nSPS) is 29.3. The maximum absolute atomic E-state index is 3.84. The van der Waals surface area contributed by atoms with Gasteiger partial charge in [0.05, 0.1) is 0 Å². The monoisotopic (exact) mass is 433 g/mol. The summed E-state index contributed by atoms with van der Waals surface area (Å²) in [4.78, 5) is 2.85. The van der Waals surface area contributed by atoms with Crippen LogP contribution in [0, 0.1) is 25.7 Å². The topological polar surface area (TPSA) is 3.24 Å². The predicted octanol–water partition coefficient (Wildman–Crippen LogP) is 7.41. The standard InChI is InChI=1S/C25H40BrN/c1-6-8-9-10-22-20(5)27(17-21-12-13-21)16-15-25(22,7-2)24-18(3)11-14-23(26)19(24)4/h11,14,20-22H,6-10,12-13,15-17H2,1-5H3.